The van der Waals surface area contributed by atoms with E-state index in [0.29, 0.717) is 22.4 Å². The first-order chi connectivity index (χ1) is 7.76. The minimum Gasteiger partial charge on any atom is -0.490 e. The number of rotatable bonds is 3. The number of anilines is 1. The van der Waals surface area contributed by atoms with Crippen LogP contribution in [0.4, 0.5) is 5.82 Å². The van der Waals surface area contributed by atoms with Gasteiger partial charge in [0.2, 0.25) is 11.6 Å². The molecule has 0 bridgehead atoms. The number of hydrogen-bond donors (Lipinski definition) is 2. The Balaban J connectivity index is 2.56. The highest BCUT2D eigenvalue weighted by molar-refractivity contribution is 6.30. The number of nitrogen functional groups attached to an aromatic ring is 1. The number of methoxy groups -OCH3 is 1. The second-order valence-corrected chi connectivity index (χ2v) is 3.26. The van der Waals surface area contributed by atoms with Gasteiger partial charge in [-0.1, -0.05) is 11.6 Å². The van der Waals surface area contributed by atoms with E-state index in [9.17, 15) is 0 Å². The normalized spacial score (nSPS) is 10.2. The fraction of sp³-hybridized carbons (Fsp3) is 0.125. The Labute approximate surface area is 96.2 Å². The van der Waals surface area contributed by atoms with E-state index in [-0.39, 0.29) is 0 Å². The van der Waals surface area contributed by atoms with Gasteiger partial charge in [-0.2, -0.15) is 5.10 Å². The van der Waals surface area contributed by atoms with Crippen molar-refractivity contribution in [3.8, 4) is 11.6 Å². The quantitative estimate of drug-likeness (QED) is 0.603. The summed E-state index contributed by atoms with van der Waals surface area (Å²) in [5, 5.41) is 4.52. The lowest BCUT2D eigenvalue weighted by Gasteiger charge is -2.10. The summed E-state index contributed by atoms with van der Waals surface area (Å²) in [6, 6.07) is 0. The number of hydrogen-bond acceptors (Lipinski definition) is 6. The summed E-state index contributed by atoms with van der Waals surface area (Å²) < 4.78 is 6.64. The van der Waals surface area contributed by atoms with E-state index < -0.39 is 0 Å². The van der Waals surface area contributed by atoms with Gasteiger partial charge in [0, 0.05) is 0 Å². The minimum atomic E-state index is 0.374. The van der Waals surface area contributed by atoms with E-state index in [2.05, 4.69) is 20.5 Å². The van der Waals surface area contributed by atoms with Crippen molar-refractivity contribution in [3.05, 3.63) is 23.7 Å². The summed E-state index contributed by atoms with van der Waals surface area (Å²) in [5.74, 6) is 6.53. The van der Waals surface area contributed by atoms with Crippen molar-refractivity contribution in [1.82, 2.24) is 19.7 Å². The number of aromatic nitrogens is 4. The molecule has 0 fully saturated rings. The van der Waals surface area contributed by atoms with E-state index >= 15 is 0 Å². The third-order valence-electron chi connectivity index (χ3n) is 1.89. The van der Waals surface area contributed by atoms with Crippen molar-refractivity contribution in [2.45, 2.75) is 0 Å². The number of nitrogens with one attached hydrogen (secondary N) is 1. The lowest BCUT2D eigenvalue weighted by Crippen LogP contribution is -2.12. The molecule has 2 aromatic rings. The summed E-state index contributed by atoms with van der Waals surface area (Å²) in [7, 11) is 1.49. The third kappa shape index (κ3) is 1.77. The molecule has 0 aliphatic heterocycles. The molecule has 0 aliphatic rings. The zero-order valence-electron chi connectivity index (χ0n) is 8.38. The fourth-order valence-corrected chi connectivity index (χ4v) is 1.37. The topological polar surface area (TPSA) is 90.9 Å². The van der Waals surface area contributed by atoms with Gasteiger partial charge < -0.3 is 10.2 Å². The molecule has 2 heterocycles. The first kappa shape index (κ1) is 10.7. The smallest absolute Gasteiger partial charge is 0.207 e. The van der Waals surface area contributed by atoms with Crippen LogP contribution in [0.15, 0.2) is 18.7 Å². The minimum absolute atomic E-state index is 0.374. The van der Waals surface area contributed by atoms with Gasteiger partial charge in [0.15, 0.2) is 5.82 Å². The largest absolute Gasteiger partial charge is 0.490 e. The Hall–Kier alpha value is -1.86. The van der Waals surface area contributed by atoms with Crippen molar-refractivity contribution in [1.29, 1.82) is 0 Å². The summed E-state index contributed by atoms with van der Waals surface area (Å²) in [4.78, 5) is 7.97. The van der Waals surface area contributed by atoms with E-state index in [1.165, 1.54) is 24.3 Å². The lowest BCUT2D eigenvalue weighted by molar-refractivity contribution is 0.409. The van der Waals surface area contributed by atoms with E-state index in [0.717, 1.165) is 0 Å². The van der Waals surface area contributed by atoms with Gasteiger partial charge in [-0.05, 0) is 0 Å². The van der Waals surface area contributed by atoms with Crippen LogP contribution in [0.5, 0.6) is 5.75 Å². The average molecular weight is 241 g/mol. The van der Waals surface area contributed by atoms with Crippen LogP contribution >= 0.6 is 11.6 Å². The number of halogens is 1. The Morgan fingerprint density at radius 3 is 2.88 bits per heavy atom. The van der Waals surface area contributed by atoms with Gasteiger partial charge in [0.1, 0.15) is 6.33 Å². The van der Waals surface area contributed by atoms with Crippen molar-refractivity contribution in [2.24, 2.45) is 5.84 Å². The van der Waals surface area contributed by atoms with Gasteiger partial charge in [-0.15, -0.1) is 0 Å². The summed E-state index contributed by atoms with van der Waals surface area (Å²) in [6.07, 6.45) is 4.45. The van der Waals surface area contributed by atoms with Crippen molar-refractivity contribution in [2.75, 3.05) is 12.5 Å². The highest BCUT2D eigenvalue weighted by atomic mass is 35.5. The van der Waals surface area contributed by atoms with Crippen LogP contribution < -0.4 is 16.0 Å². The fourth-order valence-electron chi connectivity index (χ4n) is 1.24. The molecular formula is C8H9ClN6O. The first-order valence-electron chi connectivity index (χ1n) is 4.32. The van der Waals surface area contributed by atoms with Crippen molar-refractivity contribution in [3.63, 3.8) is 0 Å². The highest BCUT2D eigenvalue weighted by Crippen LogP contribution is 2.26. The number of hydrazine groups is 1. The van der Waals surface area contributed by atoms with Gasteiger partial charge in [-0.25, -0.2) is 20.5 Å². The summed E-state index contributed by atoms with van der Waals surface area (Å²) >= 11 is 5.77. The molecule has 0 spiro atoms. The summed E-state index contributed by atoms with van der Waals surface area (Å²) in [5.41, 5.74) is 2.41. The zero-order valence-corrected chi connectivity index (χ0v) is 9.14. The van der Waals surface area contributed by atoms with E-state index in [4.69, 9.17) is 22.2 Å². The monoisotopic (exact) mass is 240 g/mol. The summed E-state index contributed by atoms with van der Waals surface area (Å²) in [6.45, 7) is 0. The number of nitrogens with zero attached hydrogens (tertiary/aromatic N) is 4. The van der Waals surface area contributed by atoms with Gasteiger partial charge in [0.05, 0.1) is 24.5 Å². The maximum atomic E-state index is 5.77. The lowest BCUT2D eigenvalue weighted by atomic mass is 10.4. The van der Waals surface area contributed by atoms with Crippen LogP contribution in [0, 0.1) is 0 Å². The molecular weight excluding hydrogens is 232 g/mol. The van der Waals surface area contributed by atoms with Crippen LogP contribution in [-0.2, 0) is 0 Å². The van der Waals surface area contributed by atoms with E-state index in [1.54, 1.807) is 6.20 Å². The Bertz CT molecular complexity index is 499. The van der Waals surface area contributed by atoms with Crippen molar-refractivity contribution >= 4 is 17.4 Å². The molecule has 2 rings (SSSR count). The third-order valence-corrected chi connectivity index (χ3v) is 2.09. The van der Waals surface area contributed by atoms with Crippen LogP contribution in [0.25, 0.3) is 5.82 Å². The Morgan fingerprint density at radius 2 is 2.31 bits per heavy atom. The standard InChI is InChI=1S/C8H9ClN6O/c1-16-6-7(14-10)11-4-12-8(6)15-3-5(9)2-13-15/h2-4H,10H2,1H3,(H,11,12,14). The predicted molar refractivity (Wildman–Crippen MR) is 58.5 cm³/mol. The maximum absolute atomic E-state index is 5.77. The molecule has 0 atom stereocenters. The molecule has 7 nitrogen and oxygen atoms in total. The molecule has 84 valence electrons. The Morgan fingerprint density at radius 1 is 1.50 bits per heavy atom. The number of nitrogens with two attached hydrogens (primary N) is 1. The molecule has 0 saturated heterocycles. The highest BCUT2D eigenvalue weighted by Gasteiger charge is 2.13. The van der Waals surface area contributed by atoms with Crippen LogP contribution in [-0.4, -0.2) is 26.9 Å². The van der Waals surface area contributed by atoms with Gasteiger partial charge in [-0.3, -0.25) is 0 Å². The van der Waals surface area contributed by atoms with Crippen LogP contribution in [0.1, 0.15) is 0 Å². The average Bonchev–Trinajstić information content (AvgIpc) is 2.74. The molecule has 16 heavy (non-hydrogen) atoms. The van der Waals surface area contributed by atoms with Crippen molar-refractivity contribution < 1.29 is 4.74 Å². The zero-order chi connectivity index (χ0) is 11.5. The van der Waals surface area contributed by atoms with Crippen LogP contribution in [0.2, 0.25) is 5.02 Å². The second-order valence-electron chi connectivity index (χ2n) is 2.83. The molecule has 0 aromatic carbocycles. The van der Waals surface area contributed by atoms with E-state index in [1.807, 2.05) is 0 Å². The predicted octanol–water partition coefficient (Wildman–Crippen LogP) is 0.610. The molecule has 0 amide bonds. The maximum Gasteiger partial charge on any atom is 0.207 e. The molecule has 0 saturated carbocycles. The number of ether oxygens (including phenoxy) is 1. The van der Waals surface area contributed by atoms with Gasteiger partial charge in [0.25, 0.3) is 0 Å². The molecule has 8 heteroatoms. The Kier molecular flexibility index (Phi) is 2.88. The SMILES string of the molecule is COc1c(NN)ncnc1-n1cc(Cl)cn1. The van der Waals surface area contributed by atoms with Gasteiger partial charge >= 0.3 is 0 Å². The molecule has 2 aromatic heterocycles. The van der Waals surface area contributed by atoms with Crippen LogP contribution in [0.3, 0.4) is 0 Å². The molecule has 3 N–H and O–H groups in total. The molecule has 0 aliphatic carbocycles. The molecule has 0 radical (unpaired) electrons. The first-order valence-corrected chi connectivity index (χ1v) is 4.70. The second kappa shape index (κ2) is 4.33. The molecule has 0 unspecified atom stereocenters.